The first kappa shape index (κ1) is 23.0. The fraction of sp³-hybridized carbons (Fsp3) is 0.125. The van der Waals surface area contributed by atoms with Crippen LogP contribution in [0, 0.1) is 6.92 Å². The molecule has 0 aliphatic rings. The minimum Gasteiger partial charge on any atom is -0.493 e. The monoisotopic (exact) mass is 496 g/mol. The molecular formula is C24H21BrN2O5. The molecular weight excluding hydrogens is 476 g/mol. The molecule has 0 unspecified atom stereocenters. The molecule has 0 spiro atoms. The van der Waals surface area contributed by atoms with E-state index < -0.39 is 11.9 Å². The molecule has 1 amide bonds. The summed E-state index contributed by atoms with van der Waals surface area (Å²) in [7, 11) is 1.47. The van der Waals surface area contributed by atoms with Gasteiger partial charge in [-0.25, -0.2) is 10.2 Å². The summed E-state index contributed by atoms with van der Waals surface area (Å²) in [6, 6.07) is 19.2. The van der Waals surface area contributed by atoms with Gasteiger partial charge in [-0.2, -0.15) is 5.10 Å². The van der Waals surface area contributed by atoms with Crippen molar-refractivity contribution in [3.63, 3.8) is 0 Å². The summed E-state index contributed by atoms with van der Waals surface area (Å²) < 4.78 is 17.0. The van der Waals surface area contributed by atoms with Crippen LogP contribution in [0.5, 0.6) is 17.2 Å². The van der Waals surface area contributed by atoms with Gasteiger partial charge in [0.05, 0.1) is 18.9 Å². The lowest BCUT2D eigenvalue weighted by Gasteiger charge is -2.10. The van der Waals surface area contributed by atoms with Gasteiger partial charge in [0, 0.05) is 4.47 Å². The van der Waals surface area contributed by atoms with E-state index in [9.17, 15) is 9.59 Å². The molecule has 0 saturated carbocycles. The number of hydrazone groups is 1. The maximum Gasteiger partial charge on any atom is 0.343 e. The third-order valence-electron chi connectivity index (χ3n) is 4.31. The van der Waals surface area contributed by atoms with Crippen molar-refractivity contribution in [2.75, 3.05) is 13.7 Å². The molecule has 0 bridgehead atoms. The Morgan fingerprint density at radius 1 is 1.00 bits per heavy atom. The number of aryl methyl sites for hydroxylation is 1. The average Bonchev–Trinajstić information content (AvgIpc) is 2.79. The second-order valence-corrected chi connectivity index (χ2v) is 7.57. The second-order valence-electron chi connectivity index (χ2n) is 6.66. The molecule has 3 aromatic carbocycles. The van der Waals surface area contributed by atoms with Crippen molar-refractivity contribution in [1.82, 2.24) is 5.43 Å². The predicted molar refractivity (Wildman–Crippen MR) is 125 cm³/mol. The Hall–Kier alpha value is -3.65. The molecule has 1 N–H and O–H groups in total. The first-order valence-electron chi connectivity index (χ1n) is 9.62. The summed E-state index contributed by atoms with van der Waals surface area (Å²) in [6.07, 6.45) is 1.45. The summed E-state index contributed by atoms with van der Waals surface area (Å²) in [5.41, 5.74) is 4.40. The SMILES string of the molecule is COc1cc(/C=N\NC(=O)COc2ccccc2C)ccc1OC(=O)c1cccc(Br)c1. The standard InChI is InChI=1S/C24H21BrN2O5/c1-16-6-3-4-9-20(16)31-15-23(28)27-26-14-17-10-11-21(22(12-17)30-2)32-24(29)18-7-5-8-19(25)13-18/h3-14H,15H2,1-2H3,(H,27,28)/b26-14-. The summed E-state index contributed by atoms with van der Waals surface area (Å²) in [5, 5.41) is 3.93. The zero-order chi connectivity index (χ0) is 22.9. The van der Waals surface area contributed by atoms with E-state index in [2.05, 4.69) is 26.5 Å². The number of ether oxygens (including phenoxy) is 3. The third-order valence-corrected chi connectivity index (χ3v) is 4.80. The van der Waals surface area contributed by atoms with Crippen LogP contribution in [0.15, 0.2) is 76.3 Å². The Balaban J connectivity index is 1.58. The van der Waals surface area contributed by atoms with Crippen molar-refractivity contribution in [1.29, 1.82) is 0 Å². The molecule has 0 saturated heterocycles. The fourth-order valence-electron chi connectivity index (χ4n) is 2.70. The first-order chi connectivity index (χ1) is 15.5. The average molecular weight is 497 g/mol. The Bertz CT molecular complexity index is 1150. The van der Waals surface area contributed by atoms with E-state index in [0.29, 0.717) is 22.6 Å². The lowest BCUT2D eigenvalue weighted by molar-refractivity contribution is -0.123. The van der Waals surface area contributed by atoms with Gasteiger partial charge in [-0.3, -0.25) is 4.79 Å². The van der Waals surface area contributed by atoms with Gasteiger partial charge in [0.2, 0.25) is 0 Å². The molecule has 0 aromatic heterocycles. The molecule has 8 heteroatoms. The number of nitrogens with one attached hydrogen (secondary N) is 1. The highest BCUT2D eigenvalue weighted by molar-refractivity contribution is 9.10. The summed E-state index contributed by atoms with van der Waals surface area (Å²) >= 11 is 3.33. The van der Waals surface area contributed by atoms with Crippen LogP contribution < -0.4 is 19.6 Å². The topological polar surface area (TPSA) is 86.2 Å². The molecule has 0 fully saturated rings. The van der Waals surface area contributed by atoms with E-state index >= 15 is 0 Å². The van der Waals surface area contributed by atoms with Gasteiger partial charge in [-0.05, 0) is 60.5 Å². The quantitative estimate of drug-likeness (QED) is 0.214. The van der Waals surface area contributed by atoms with Crippen LogP contribution in [-0.2, 0) is 4.79 Å². The van der Waals surface area contributed by atoms with Crippen LogP contribution in [0.1, 0.15) is 21.5 Å². The van der Waals surface area contributed by atoms with E-state index in [1.807, 2.05) is 31.2 Å². The number of benzene rings is 3. The third kappa shape index (κ3) is 6.42. The number of hydrogen-bond donors (Lipinski definition) is 1. The molecule has 0 aliphatic carbocycles. The number of rotatable bonds is 8. The van der Waals surface area contributed by atoms with Gasteiger partial charge < -0.3 is 14.2 Å². The van der Waals surface area contributed by atoms with E-state index in [1.54, 1.807) is 42.5 Å². The zero-order valence-electron chi connectivity index (χ0n) is 17.5. The Labute approximate surface area is 194 Å². The van der Waals surface area contributed by atoms with Crippen molar-refractivity contribution in [2.24, 2.45) is 5.10 Å². The van der Waals surface area contributed by atoms with Crippen molar-refractivity contribution in [3.8, 4) is 17.2 Å². The van der Waals surface area contributed by atoms with E-state index in [-0.39, 0.29) is 12.4 Å². The van der Waals surface area contributed by atoms with Crippen molar-refractivity contribution >= 4 is 34.0 Å². The largest absolute Gasteiger partial charge is 0.493 e. The molecule has 164 valence electrons. The van der Waals surface area contributed by atoms with Gasteiger partial charge in [0.25, 0.3) is 5.91 Å². The van der Waals surface area contributed by atoms with Crippen molar-refractivity contribution in [2.45, 2.75) is 6.92 Å². The van der Waals surface area contributed by atoms with E-state index in [1.165, 1.54) is 13.3 Å². The highest BCUT2D eigenvalue weighted by Gasteiger charge is 2.13. The van der Waals surface area contributed by atoms with Crippen LogP contribution in [0.3, 0.4) is 0 Å². The smallest absolute Gasteiger partial charge is 0.343 e. The minimum atomic E-state index is -0.507. The number of halogens is 1. The number of carbonyl (C=O) groups is 2. The Morgan fingerprint density at radius 2 is 1.81 bits per heavy atom. The van der Waals surface area contributed by atoms with Gasteiger partial charge in [0.1, 0.15) is 5.75 Å². The van der Waals surface area contributed by atoms with Crippen molar-refractivity contribution < 1.29 is 23.8 Å². The van der Waals surface area contributed by atoms with E-state index in [4.69, 9.17) is 14.2 Å². The summed E-state index contributed by atoms with van der Waals surface area (Å²) in [6.45, 7) is 1.74. The van der Waals surface area contributed by atoms with Crippen LogP contribution in [0.25, 0.3) is 0 Å². The number of esters is 1. The summed E-state index contributed by atoms with van der Waals surface area (Å²) in [5.74, 6) is 0.365. The lowest BCUT2D eigenvalue weighted by atomic mass is 10.2. The molecule has 0 radical (unpaired) electrons. The number of hydrogen-bond acceptors (Lipinski definition) is 6. The molecule has 7 nitrogen and oxygen atoms in total. The highest BCUT2D eigenvalue weighted by Crippen LogP contribution is 2.28. The molecule has 0 atom stereocenters. The fourth-order valence-corrected chi connectivity index (χ4v) is 3.10. The Kier molecular flexibility index (Phi) is 7.99. The van der Waals surface area contributed by atoms with Crippen molar-refractivity contribution in [3.05, 3.63) is 87.9 Å². The van der Waals surface area contributed by atoms with Gasteiger partial charge >= 0.3 is 5.97 Å². The number of nitrogens with zero attached hydrogens (tertiary/aromatic N) is 1. The summed E-state index contributed by atoms with van der Waals surface area (Å²) in [4.78, 5) is 24.3. The second kappa shape index (κ2) is 11.1. The van der Waals surface area contributed by atoms with Crippen LogP contribution in [0.4, 0.5) is 0 Å². The number of carbonyl (C=O) groups excluding carboxylic acids is 2. The number of amides is 1. The van der Waals surface area contributed by atoms with Gasteiger partial charge in [-0.15, -0.1) is 0 Å². The van der Waals surface area contributed by atoms with E-state index in [0.717, 1.165) is 10.0 Å². The first-order valence-corrected chi connectivity index (χ1v) is 10.4. The zero-order valence-corrected chi connectivity index (χ0v) is 19.1. The maximum absolute atomic E-state index is 12.4. The van der Waals surface area contributed by atoms with Crippen LogP contribution >= 0.6 is 15.9 Å². The molecule has 3 rings (SSSR count). The number of para-hydroxylation sites is 1. The molecule has 0 heterocycles. The maximum atomic E-state index is 12.4. The molecule has 3 aromatic rings. The van der Waals surface area contributed by atoms with Crippen LogP contribution in [0.2, 0.25) is 0 Å². The normalized spacial score (nSPS) is 10.6. The predicted octanol–water partition coefficient (Wildman–Crippen LogP) is 4.51. The van der Waals surface area contributed by atoms with Gasteiger partial charge in [-0.1, -0.05) is 40.2 Å². The van der Waals surface area contributed by atoms with Gasteiger partial charge in [0.15, 0.2) is 18.1 Å². The minimum absolute atomic E-state index is 0.157. The lowest BCUT2D eigenvalue weighted by Crippen LogP contribution is -2.24. The molecule has 0 aliphatic heterocycles. The highest BCUT2D eigenvalue weighted by atomic mass is 79.9. The molecule has 32 heavy (non-hydrogen) atoms. The number of methoxy groups -OCH3 is 1. The Morgan fingerprint density at radius 3 is 2.56 bits per heavy atom. The van der Waals surface area contributed by atoms with Crippen LogP contribution in [-0.4, -0.2) is 31.8 Å².